The maximum Gasteiger partial charge on any atom is 0.252 e. The predicted molar refractivity (Wildman–Crippen MR) is 83.1 cm³/mol. The zero-order valence-electron chi connectivity index (χ0n) is 11.5. The minimum atomic E-state index is -0.0729. The highest BCUT2D eigenvalue weighted by Gasteiger charge is 2.03. The number of pyridine rings is 1. The Bertz CT molecular complexity index is 540. The molecule has 104 valence electrons. The fourth-order valence-electron chi connectivity index (χ4n) is 1.84. The first-order valence-electron chi connectivity index (χ1n) is 6.69. The third-order valence-corrected chi connectivity index (χ3v) is 3.75. The molecule has 0 aliphatic heterocycles. The van der Waals surface area contributed by atoms with Crippen LogP contribution >= 0.6 is 11.8 Å². The Kier molecular flexibility index (Phi) is 5.62. The van der Waals surface area contributed by atoms with Gasteiger partial charge in [0.05, 0.1) is 5.56 Å². The molecule has 1 N–H and O–H groups in total. The van der Waals surface area contributed by atoms with Gasteiger partial charge < -0.3 is 5.32 Å². The molecule has 1 aromatic carbocycles. The summed E-state index contributed by atoms with van der Waals surface area (Å²) in [5.41, 5.74) is 1.83. The first kappa shape index (κ1) is 14.6. The van der Waals surface area contributed by atoms with Crippen molar-refractivity contribution in [2.45, 2.75) is 18.2 Å². The molecule has 0 saturated carbocycles. The second-order valence-corrected chi connectivity index (χ2v) is 5.66. The first-order chi connectivity index (χ1) is 9.79. The summed E-state index contributed by atoms with van der Waals surface area (Å²) in [6.07, 6.45) is 4.07. The summed E-state index contributed by atoms with van der Waals surface area (Å²) in [5, 5.41) is 2.90. The van der Waals surface area contributed by atoms with Crippen LogP contribution < -0.4 is 5.32 Å². The van der Waals surface area contributed by atoms with E-state index in [0.29, 0.717) is 12.1 Å². The molecular weight excluding hydrogens is 268 g/mol. The summed E-state index contributed by atoms with van der Waals surface area (Å²) in [6, 6.07) is 12.0. The Hall–Kier alpha value is -1.81. The number of nitrogens with zero attached hydrogens (tertiary/aromatic N) is 1. The molecule has 3 nitrogen and oxygen atoms in total. The number of rotatable bonds is 6. The van der Waals surface area contributed by atoms with Crippen molar-refractivity contribution in [3.05, 3.63) is 59.9 Å². The van der Waals surface area contributed by atoms with Crippen LogP contribution in [0.25, 0.3) is 0 Å². The number of carbonyl (C=O) groups is 1. The molecule has 0 fully saturated rings. The third-order valence-electron chi connectivity index (χ3n) is 2.86. The van der Waals surface area contributed by atoms with Gasteiger partial charge in [0.1, 0.15) is 0 Å². The average Bonchev–Trinajstić information content (AvgIpc) is 2.50. The lowest BCUT2D eigenvalue weighted by Crippen LogP contribution is -2.25. The largest absolute Gasteiger partial charge is 0.352 e. The van der Waals surface area contributed by atoms with Crippen LogP contribution in [0.1, 0.15) is 22.8 Å². The van der Waals surface area contributed by atoms with Gasteiger partial charge in [-0.25, -0.2) is 0 Å². The first-order valence-corrected chi connectivity index (χ1v) is 7.68. The predicted octanol–water partition coefficient (Wildman–Crippen LogP) is 3.17. The van der Waals surface area contributed by atoms with Crippen LogP contribution in [0.5, 0.6) is 0 Å². The van der Waals surface area contributed by atoms with Crippen LogP contribution in [0.3, 0.4) is 0 Å². The van der Waals surface area contributed by atoms with Crippen LogP contribution in [0, 0.1) is 0 Å². The zero-order chi connectivity index (χ0) is 14.2. The van der Waals surface area contributed by atoms with Crippen molar-refractivity contribution in [1.82, 2.24) is 10.3 Å². The molecule has 0 unspecified atom stereocenters. The lowest BCUT2D eigenvalue weighted by atomic mass is 10.1. The fourth-order valence-corrected chi connectivity index (χ4v) is 2.50. The maximum absolute atomic E-state index is 11.8. The SMILES string of the molecule is CCSc1ccc(CCNC(=O)c2cccnc2)cc1. The van der Waals surface area contributed by atoms with Gasteiger partial charge in [-0.3, -0.25) is 9.78 Å². The third kappa shape index (κ3) is 4.38. The van der Waals surface area contributed by atoms with Gasteiger partial charge in [0.2, 0.25) is 0 Å². The quantitative estimate of drug-likeness (QED) is 0.829. The normalized spacial score (nSPS) is 10.2. The van der Waals surface area contributed by atoms with Crippen LogP contribution in [-0.4, -0.2) is 23.2 Å². The number of amides is 1. The van der Waals surface area contributed by atoms with Gasteiger partial charge in [0.15, 0.2) is 0 Å². The number of nitrogens with one attached hydrogen (secondary N) is 1. The molecule has 1 heterocycles. The smallest absolute Gasteiger partial charge is 0.252 e. The second kappa shape index (κ2) is 7.70. The molecule has 20 heavy (non-hydrogen) atoms. The maximum atomic E-state index is 11.8. The van der Waals surface area contributed by atoms with Crippen molar-refractivity contribution in [2.75, 3.05) is 12.3 Å². The summed E-state index contributed by atoms with van der Waals surface area (Å²) >= 11 is 1.83. The van der Waals surface area contributed by atoms with E-state index in [0.717, 1.165) is 12.2 Å². The fraction of sp³-hybridized carbons (Fsp3) is 0.250. The zero-order valence-corrected chi connectivity index (χ0v) is 12.3. The summed E-state index contributed by atoms with van der Waals surface area (Å²) in [6.45, 7) is 2.78. The Labute approximate surface area is 123 Å². The molecule has 0 saturated heterocycles. The Morgan fingerprint density at radius 2 is 2.05 bits per heavy atom. The molecular formula is C16H18N2OS. The van der Waals surface area contributed by atoms with Crippen molar-refractivity contribution in [1.29, 1.82) is 0 Å². The molecule has 0 spiro atoms. The minimum Gasteiger partial charge on any atom is -0.352 e. The Morgan fingerprint density at radius 3 is 2.70 bits per heavy atom. The van der Waals surface area contributed by atoms with Crippen LogP contribution in [0.2, 0.25) is 0 Å². The van der Waals surface area contributed by atoms with E-state index in [1.807, 2.05) is 11.8 Å². The molecule has 0 atom stereocenters. The van der Waals surface area contributed by atoms with Gasteiger partial charge in [-0.2, -0.15) is 0 Å². The molecule has 1 amide bonds. The van der Waals surface area contributed by atoms with E-state index in [9.17, 15) is 4.79 Å². The lowest BCUT2D eigenvalue weighted by molar-refractivity contribution is 0.0954. The molecule has 1 aromatic heterocycles. The number of benzene rings is 1. The van der Waals surface area contributed by atoms with Gasteiger partial charge in [0, 0.05) is 23.8 Å². The summed E-state index contributed by atoms with van der Waals surface area (Å²) in [4.78, 5) is 17.0. The van der Waals surface area contributed by atoms with E-state index in [-0.39, 0.29) is 5.91 Å². The van der Waals surface area contributed by atoms with E-state index >= 15 is 0 Å². The average molecular weight is 286 g/mol. The summed E-state index contributed by atoms with van der Waals surface area (Å²) in [7, 11) is 0. The molecule has 2 rings (SSSR count). The number of hydrogen-bond acceptors (Lipinski definition) is 3. The molecule has 0 bridgehead atoms. The van der Waals surface area contributed by atoms with Gasteiger partial charge >= 0.3 is 0 Å². The van der Waals surface area contributed by atoms with Crippen molar-refractivity contribution in [3.8, 4) is 0 Å². The van der Waals surface area contributed by atoms with E-state index < -0.39 is 0 Å². The van der Waals surface area contributed by atoms with Crippen LogP contribution in [0.15, 0.2) is 53.7 Å². The molecule has 0 aliphatic carbocycles. The lowest BCUT2D eigenvalue weighted by Gasteiger charge is -2.06. The highest BCUT2D eigenvalue weighted by molar-refractivity contribution is 7.99. The number of carbonyl (C=O) groups excluding carboxylic acids is 1. The van der Waals surface area contributed by atoms with Crippen molar-refractivity contribution >= 4 is 17.7 Å². The summed E-state index contributed by atoms with van der Waals surface area (Å²) < 4.78 is 0. The standard InChI is InChI=1S/C16H18N2OS/c1-2-20-15-7-5-13(6-8-15)9-11-18-16(19)14-4-3-10-17-12-14/h3-8,10,12H,2,9,11H2,1H3,(H,18,19). The number of aromatic nitrogens is 1. The second-order valence-electron chi connectivity index (χ2n) is 4.32. The monoisotopic (exact) mass is 286 g/mol. The topological polar surface area (TPSA) is 42.0 Å². The van der Waals surface area contributed by atoms with Crippen molar-refractivity contribution < 1.29 is 4.79 Å². The molecule has 0 radical (unpaired) electrons. The van der Waals surface area contributed by atoms with Gasteiger partial charge in [-0.1, -0.05) is 19.1 Å². The van der Waals surface area contributed by atoms with E-state index in [4.69, 9.17) is 0 Å². The number of thioether (sulfide) groups is 1. The molecule has 2 aromatic rings. The summed E-state index contributed by atoms with van der Waals surface area (Å²) in [5.74, 6) is 1.01. The Balaban J connectivity index is 1.79. The van der Waals surface area contributed by atoms with Crippen LogP contribution in [0.4, 0.5) is 0 Å². The molecule has 4 heteroatoms. The molecule has 0 aliphatic rings. The highest BCUT2D eigenvalue weighted by atomic mass is 32.2. The number of hydrogen-bond donors (Lipinski definition) is 1. The van der Waals surface area contributed by atoms with E-state index in [1.165, 1.54) is 10.5 Å². The van der Waals surface area contributed by atoms with E-state index in [2.05, 4.69) is 41.5 Å². The minimum absolute atomic E-state index is 0.0729. The van der Waals surface area contributed by atoms with Crippen molar-refractivity contribution in [3.63, 3.8) is 0 Å². The van der Waals surface area contributed by atoms with Crippen LogP contribution in [-0.2, 0) is 6.42 Å². The van der Waals surface area contributed by atoms with E-state index in [1.54, 1.807) is 24.5 Å². The Morgan fingerprint density at radius 1 is 1.25 bits per heavy atom. The van der Waals surface area contributed by atoms with Gasteiger partial charge in [0.25, 0.3) is 5.91 Å². The van der Waals surface area contributed by atoms with Crippen molar-refractivity contribution in [2.24, 2.45) is 0 Å². The van der Waals surface area contributed by atoms with Gasteiger partial charge in [-0.05, 0) is 42.0 Å². The van der Waals surface area contributed by atoms with Gasteiger partial charge in [-0.15, -0.1) is 11.8 Å². The highest BCUT2D eigenvalue weighted by Crippen LogP contribution is 2.17.